The molecule has 2 nitrogen and oxygen atoms in total. The van der Waals surface area contributed by atoms with Gasteiger partial charge in [-0.2, -0.15) is 0 Å². The second kappa shape index (κ2) is 7.46. The molecule has 1 heterocycles. The highest BCUT2D eigenvalue weighted by Crippen LogP contribution is 2.22. The lowest BCUT2D eigenvalue weighted by molar-refractivity contribution is -0.877. The van der Waals surface area contributed by atoms with Crippen LogP contribution in [-0.2, 0) is 0 Å². The van der Waals surface area contributed by atoms with E-state index in [1.54, 1.807) is 0 Å². The van der Waals surface area contributed by atoms with Crippen LogP contribution in [0.15, 0.2) is 37.0 Å². The van der Waals surface area contributed by atoms with Crippen LogP contribution in [0.25, 0.3) is 0 Å². The molecule has 1 rings (SSSR count). The zero-order chi connectivity index (χ0) is 12.6. The molecule has 0 bridgehead atoms. The first-order valence-corrected chi connectivity index (χ1v) is 6.67. The minimum absolute atomic E-state index is 0.0138. The molecular weight excluding hydrogens is 210 g/mol. The first-order chi connectivity index (χ1) is 8.20. The Hall–Kier alpha value is -0.860. The maximum Gasteiger partial charge on any atom is 0.100 e. The normalized spacial score (nSPS) is 24.2. The molecule has 0 aliphatic carbocycles. The number of allylic oxidation sites excluding steroid dienone is 2. The summed E-state index contributed by atoms with van der Waals surface area (Å²) in [6.45, 7) is 9.65. The summed E-state index contributed by atoms with van der Waals surface area (Å²) < 4.78 is -0.0138. The number of hydroxylamine groups is 3. The lowest BCUT2D eigenvalue weighted by Crippen LogP contribution is -2.46. The van der Waals surface area contributed by atoms with Crippen molar-refractivity contribution in [2.45, 2.75) is 38.5 Å². The third kappa shape index (κ3) is 5.33. The van der Waals surface area contributed by atoms with Gasteiger partial charge >= 0.3 is 0 Å². The van der Waals surface area contributed by atoms with E-state index in [-0.39, 0.29) is 4.65 Å². The number of rotatable bonds is 8. The third-order valence-electron chi connectivity index (χ3n) is 3.35. The van der Waals surface area contributed by atoms with E-state index in [1.807, 2.05) is 12.2 Å². The molecule has 0 spiro atoms. The Kier molecular flexibility index (Phi) is 6.23. The minimum Gasteiger partial charge on any atom is -0.633 e. The highest BCUT2D eigenvalue weighted by molar-refractivity contribution is 5.06. The highest BCUT2D eigenvalue weighted by Gasteiger charge is 2.21. The molecule has 2 heteroatoms. The van der Waals surface area contributed by atoms with Crippen LogP contribution >= 0.6 is 0 Å². The van der Waals surface area contributed by atoms with Crippen molar-refractivity contribution in [3.05, 3.63) is 42.2 Å². The van der Waals surface area contributed by atoms with Crippen LogP contribution < -0.4 is 0 Å². The molecule has 0 aromatic rings. The van der Waals surface area contributed by atoms with Crippen molar-refractivity contribution in [1.29, 1.82) is 0 Å². The van der Waals surface area contributed by atoms with Gasteiger partial charge < -0.3 is 9.85 Å². The standard InChI is InChI=1S/C15H25NO/c1-3-5-7-8-12-16(17)13-9-11-15(14-16)10-6-4-2/h3-4,11H,1-2,5-10,12-14H2. The Morgan fingerprint density at radius 3 is 2.71 bits per heavy atom. The maximum absolute atomic E-state index is 12.5. The van der Waals surface area contributed by atoms with Crippen molar-refractivity contribution in [2.75, 3.05) is 19.6 Å². The quantitative estimate of drug-likeness (QED) is 0.270. The van der Waals surface area contributed by atoms with Gasteiger partial charge in [-0.25, -0.2) is 0 Å². The van der Waals surface area contributed by atoms with Gasteiger partial charge in [-0.15, -0.1) is 13.2 Å². The van der Waals surface area contributed by atoms with E-state index < -0.39 is 0 Å². The first kappa shape index (κ1) is 14.2. The van der Waals surface area contributed by atoms with Crippen LogP contribution in [0.4, 0.5) is 0 Å². The largest absolute Gasteiger partial charge is 0.633 e. The molecule has 96 valence electrons. The smallest absolute Gasteiger partial charge is 0.100 e. The molecule has 0 amide bonds. The molecule has 1 unspecified atom stereocenters. The zero-order valence-corrected chi connectivity index (χ0v) is 10.9. The molecule has 0 aromatic heterocycles. The Balaban J connectivity index is 2.35. The van der Waals surface area contributed by atoms with Gasteiger partial charge in [0.2, 0.25) is 0 Å². The fourth-order valence-corrected chi connectivity index (χ4v) is 2.37. The van der Waals surface area contributed by atoms with E-state index in [9.17, 15) is 5.21 Å². The predicted molar refractivity (Wildman–Crippen MR) is 74.4 cm³/mol. The summed E-state index contributed by atoms with van der Waals surface area (Å²) in [5, 5.41) is 12.5. The fourth-order valence-electron chi connectivity index (χ4n) is 2.37. The lowest BCUT2D eigenvalue weighted by atomic mass is 10.0. The van der Waals surface area contributed by atoms with E-state index in [4.69, 9.17) is 0 Å². The Morgan fingerprint density at radius 1 is 1.24 bits per heavy atom. The maximum atomic E-state index is 12.5. The van der Waals surface area contributed by atoms with Crippen molar-refractivity contribution in [1.82, 2.24) is 0 Å². The van der Waals surface area contributed by atoms with Gasteiger partial charge in [0.25, 0.3) is 0 Å². The van der Waals surface area contributed by atoms with E-state index in [1.165, 1.54) is 5.57 Å². The molecule has 0 fully saturated rings. The molecule has 1 atom stereocenters. The molecule has 0 saturated carbocycles. The summed E-state index contributed by atoms with van der Waals surface area (Å²) in [6.07, 6.45) is 12.2. The van der Waals surface area contributed by atoms with Crippen molar-refractivity contribution in [3.8, 4) is 0 Å². The van der Waals surface area contributed by atoms with Crippen LogP contribution in [0.3, 0.4) is 0 Å². The lowest BCUT2D eigenvalue weighted by Gasteiger charge is -2.45. The predicted octanol–water partition coefficient (Wildman–Crippen LogP) is 3.95. The Morgan fingerprint density at radius 2 is 2.00 bits per heavy atom. The summed E-state index contributed by atoms with van der Waals surface area (Å²) in [5.41, 5.74) is 1.33. The van der Waals surface area contributed by atoms with E-state index in [2.05, 4.69) is 19.2 Å². The van der Waals surface area contributed by atoms with Crippen LogP contribution in [0.2, 0.25) is 0 Å². The fraction of sp³-hybridized carbons (Fsp3) is 0.600. The molecule has 17 heavy (non-hydrogen) atoms. The van der Waals surface area contributed by atoms with E-state index in [0.717, 1.165) is 51.6 Å². The van der Waals surface area contributed by atoms with Gasteiger partial charge in [0.15, 0.2) is 0 Å². The van der Waals surface area contributed by atoms with Gasteiger partial charge in [-0.3, -0.25) is 0 Å². The van der Waals surface area contributed by atoms with Gasteiger partial charge in [0.1, 0.15) is 6.54 Å². The number of hydrogen-bond acceptors (Lipinski definition) is 1. The average Bonchev–Trinajstić information content (AvgIpc) is 2.32. The van der Waals surface area contributed by atoms with Gasteiger partial charge in [-0.05, 0) is 37.7 Å². The van der Waals surface area contributed by atoms with Gasteiger partial charge in [0, 0.05) is 6.42 Å². The molecule has 0 aromatic carbocycles. The first-order valence-electron chi connectivity index (χ1n) is 6.67. The molecule has 0 N–H and O–H groups in total. The number of nitrogens with zero attached hydrogens (tertiary/aromatic N) is 1. The van der Waals surface area contributed by atoms with Crippen LogP contribution in [-0.4, -0.2) is 24.3 Å². The van der Waals surface area contributed by atoms with Crippen LogP contribution in [0.1, 0.15) is 38.5 Å². The Bertz CT molecular complexity index is 283. The molecule has 1 aliphatic heterocycles. The number of quaternary nitrogens is 1. The third-order valence-corrected chi connectivity index (χ3v) is 3.35. The van der Waals surface area contributed by atoms with Crippen molar-refractivity contribution < 1.29 is 4.65 Å². The minimum atomic E-state index is -0.0138. The van der Waals surface area contributed by atoms with E-state index >= 15 is 0 Å². The van der Waals surface area contributed by atoms with Crippen LogP contribution in [0, 0.1) is 5.21 Å². The van der Waals surface area contributed by atoms with Crippen molar-refractivity contribution in [3.63, 3.8) is 0 Å². The number of hydrogen-bond donors (Lipinski definition) is 0. The second-order valence-corrected chi connectivity index (χ2v) is 4.93. The topological polar surface area (TPSA) is 23.1 Å². The zero-order valence-electron chi connectivity index (χ0n) is 10.9. The summed E-state index contributed by atoms with van der Waals surface area (Å²) >= 11 is 0. The summed E-state index contributed by atoms with van der Waals surface area (Å²) in [7, 11) is 0. The highest BCUT2D eigenvalue weighted by atomic mass is 16.5. The van der Waals surface area contributed by atoms with E-state index in [0.29, 0.717) is 6.54 Å². The SMILES string of the molecule is C=CCCCC[N+]1([O-])CCC=C(CCC=C)C1. The Labute approximate surface area is 105 Å². The molecule has 0 radical (unpaired) electrons. The molecular formula is C15H25NO. The summed E-state index contributed by atoms with van der Waals surface area (Å²) in [6, 6.07) is 0. The van der Waals surface area contributed by atoms with Crippen molar-refractivity contribution in [2.24, 2.45) is 0 Å². The molecule has 1 aliphatic rings. The average molecular weight is 235 g/mol. The van der Waals surface area contributed by atoms with Crippen molar-refractivity contribution >= 4 is 0 Å². The van der Waals surface area contributed by atoms with Gasteiger partial charge in [0.05, 0.1) is 13.1 Å². The number of unbranched alkanes of at least 4 members (excludes halogenated alkanes) is 2. The monoisotopic (exact) mass is 235 g/mol. The molecule has 0 saturated heterocycles. The van der Waals surface area contributed by atoms with Crippen LogP contribution in [0.5, 0.6) is 0 Å². The van der Waals surface area contributed by atoms with Gasteiger partial charge in [-0.1, -0.05) is 18.2 Å². The second-order valence-electron chi connectivity index (χ2n) is 4.93. The summed E-state index contributed by atoms with van der Waals surface area (Å²) in [5.74, 6) is 0. The summed E-state index contributed by atoms with van der Waals surface area (Å²) in [4.78, 5) is 0.